The number of carbonyl (C=O) groups excluding carboxylic acids is 1. The van der Waals surface area contributed by atoms with Crippen molar-refractivity contribution in [1.82, 2.24) is 9.97 Å². The molecule has 30 heavy (non-hydrogen) atoms. The summed E-state index contributed by atoms with van der Waals surface area (Å²) in [4.78, 5) is 43.3. The summed E-state index contributed by atoms with van der Waals surface area (Å²) in [7, 11) is 0. The molecule has 2 heterocycles. The number of hydrogen-bond donors (Lipinski definition) is 1. The molecule has 0 saturated carbocycles. The zero-order valence-corrected chi connectivity index (χ0v) is 16.7. The molecule has 0 atom stereocenters. The Morgan fingerprint density at radius 3 is 2.73 bits per heavy atom. The van der Waals surface area contributed by atoms with Gasteiger partial charge in [0.25, 0.3) is 5.56 Å². The van der Waals surface area contributed by atoms with Crippen LogP contribution in [0.3, 0.4) is 0 Å². The first kappa shape index (κ1) is 19.6. The number of ether oxygens (including phenoxy) is 1. The third kappa shape index (κ3) is 3.87. The number of esters is 1. The molecule has 0 fully saturated rings. The third-order valence-electron chi connectivity index (χ3n) is 5.13. The second kappa shape index (κ2) is 7.94. The molecule has 0 radical (unpaired) electrons. The van der Waals surface area contributed by atoms with Crippen molar-refractivity contribution in [2.24, 2.45) is 0 Å². The van der Waals surface area contributed by atoms with E-state index < -0.39 is 11.6 Å². The van der Waals surface area contributed by atoms with E-state index in [1.165, 1.54) is 6.07 Å². The minimum absolute atomic E-state index is 0.0366. The summed E-state index contributed by atoms with van der Waals surface area (Å²) in [5.41, 5.74) is 2.84. The predicted molar refractivity (Wildman–Crippen MR) is 112 cm³/mol. The second-order valence-corrected chi connectivity index (χ2v) is 7.17. The smallest absolute Gasteiger partial charge is 0.336 e. The topological polar surface area (TPSA) is 102 Å². The van der Waals surface area contributed by atoms with Gasteiger partial charge in [-0.1, -0.05) is 24.3 Å². The number of aromatic amines is 1. The number of H-pyrrole nitrogens is 1. The molecule has 0 unspecified atom stereocenters. The Morgan fingerprint density at radius 1 is 1.10 bits per heavy atom. The van der Waals surface area contributed by atoms with Crippen molar-refractivity contribution >= 4 is 27.8 Å². The lowest BCUT2D eigenvalue weighted by Gasteiger charge is -2.10. The quantitative estimate of drug-likeness (QED) is 0.404. The molecule has 4 aromatic rings. The summed E-state index contributed by atoms with van der Waals surface area (Å²) >= 11 is 0. The van der Waals surface area contributed by atoms with E-state index in [9.17, 15) is 14.4 Å². The summed E-state index contributed by atoms with van der Waals surface area (Å²) in [6.07, 6.45) is 0.299. The lowest BCUT2D eigenvalue weighted by atomic mass is 10.0. The highest BCUT2D eigenvalue weighted by Crippen LogP contribution is 2.23. The number of rotatable bonds is 5. The van der Waals surface area contributed by atoms with Gasteiger partial charge in [-0.25, -0.2) is 9.78 Å². The molecule has 0 saturated heterocycles. The van der Waals surface area contributed by atoms with Gasteiger partial charge in [-0.3, -0.25) is 9.59 Å². The van der Waals surface area contributed by atoms with Crippen molar-refractivity contribution in [2.75, 3.05) is 0 Å². The molecular weight excluding hydrogens is 384 g/mol. The Bertz CT molecular complexity index is 1380. The van der Waals surface area contributed by atoms with Gasteiger partial charge in [-0.05, 0) is 37.1 Å². The second-order valence-electron chi connectivity index (χ2n) is 7.17. The van der Waals surface area contributed by atoms with Gasteiger partial charge in [0.15, 0.2) is 0 Å². The highest BCUT2D eigenvalue weighted by molar-refractivity contribution is 5.84. The molecular formula is C23H20N2O5. The van der Waals surface area contributed by atoms with E-state index in [0.29, 0.717) is 27.9 Å². The van der Waals surface area contributed by atoms with Crippen molar-refractivity contribution in [2.45, 2.75) is 33.3 Å². The van der Waals surface area contributed by atoms with Crippen LogP contribution in [0.5, 0.6) is 0 Å². The van der Waals surface area contributed by atoms with Crippen LogP contribution in [0.2, 0.25) is 0 Å². The first-order valence-electron chi connectivity index (χ1n) is 9.59. The first-order valence-corrected chi connectivity index (χ1v) is 9.59. The molecule has 1 N–H and O–H groups in total. The highest BCUT2D eigenvalue weighted by atomic mass is 16.5. The van der Waals surface area contributed by atoms with Gasteiger partial charge in [-0.2, -0.15) is 0 Å². The van der Waals surface area contributed by atoms with Crippen LogP contribution >= 0.6 is 0 Å². The Labute approximate surface area is 171 Å². The van der Waals surface area contributed by atoms with Crippen LogP contribution in [0.1, 0.15) is 28.9 Å². The monoisotopic (exact) mass is 404 g/mol. The minimum Gasteiger partial charge on any atom is -0.461 e. The Kier molecular flexibility index (Phi) is 5.18. The van der Waals surface area contributed by atoms with Gasteiger partial charge in [0.05, 0.1) is 17.3 Å². The molecule has 2 aromatic carbocycles. The van der Waals surface area contributed by atoms with Crippen LogP contribution in [-0.4, -0.2) is 15.9 Å². The molecule has 0 spiro atoms. The molecule has 0 aliphatic heterocycles. The number of aryl methyl sites for hydroxylation is 3. The van der Waals surface area contributed by atoms with Crippen molar-refractivity contribution in [3.8, 4) is 0 Å². The van der Waals surface area contributed by atoms with Crippen molar-refractivity contribution < 1.29 is 13.9 Å². The average Bonchev–Trinajstić information content (AvgIpc) is 2.73. The maximum atomic E-state index is 12.2. The van der Waals surface area contributed by atoms with E-state index >= 15 is 0 Å². The predicted octanol–water partition coefficient (Wildman–Crippen LogP) is 3.32. The van der Waals surface area contributed by atoms with E-state index in [1.807, 2.05) is 26.0 Å². The van der Waals surface area contributed by atoms with Crippen molar-refractivity contribution in [3.63, 3.8) is 0 Å². The molecule has 0 bridgehead atoms. The number of aromatic nitrogens is 2. The van der Waals surface area contributed by atoms with Gasteiger partial charge in [0, 0.05) is 23.4 Å². The van der Waals surface area contributed by atoms with Crippen LogP contribution in [0.4, 0.5) is 0 Å². The highest BCUT2D eigenvalue weighted by Gasteiger charge is 2.12. The first-order chi connectivity index (χ1) is 14.4. The molecule has 7 nitrogen and oxygen atoms in total. The Morgan fingerprint density at radius 2 is 1.90 bits per heavy atom. The summed E-state index contributed by atoms with van der Waals surface area (Å²) in [5, 5.41) is 1.25. The van der Waals surface area contributed by atoms with Gasteiger partial charge in [-0.15, -0.1) is 0 Å². The van der Waals surface area contributed by atoms with Crippen LogP contribution in [0.15, 0.2) is 56.5 Å². The molecule has 0 aliphatic rings. The lowest BCUT2D eigenvalue weighted by Crippen LogP contribution is -2.14. The van der Waals surface area contributed by atoms with Gasteiger partial charge in [0.1, 0.15) is 18.0 Å². The van der Waals surface area contributed by atoms with E-state index in [2.05, 4.69) is 9.97 Å². The number of hydrogen-bond acceptors (Lipinski definition) is 6. The van der Waals surface area contributed by atoms with E-state index in [0.717, 1.165) is 16.5 Å². The molecule has 7 heteroatoms. The Balaban J connectivity index is 1.46. The SMILES string of the molecule is Cc1ccc2c(COC(=O)CCc3nc4ccccc4c(=O)[nH]3)cc(=O)oc2c1C. The van der Waals surface area contributed by atoms with Crippen LogP contribution in [0.25, 0.3) is 21.9 Å². The summed E-state index contributed by atoms with van der Waals surface area (Å²) < 4.78 is 10.7. The molecule has 2 aromatic heterocycles. The number of benzene rings is 2. The fraction of sp³-hybridized carbons (Fsp3) is 0.217. The number of nitrogens with one attached hydrogen (secondary N) is 1. The van der Waals surface area contributed by atoms with Gasteiger partial charge in [0.2, 0.25) is 0 Å². The number of fused-ring (bicyclic) bond motifs is 2. The summed E-state index contributed by atoms with van der Waals surface area (Å²) in [6, 6.07) is 12.2. The largest absolute Gasteiger partial charge is 0.461 e. The lowest BCUT2D eigenvalue weighted by molar-refractivity contribution is -0.144. The maximum absolute atomic E-state index is 12.2. The van der Waals surface area contributed by atoms with E-state index in [1.54, 1.807) is 24.3 Å². The fourth-order valence-corrected chi connectivity index (χ4v) is 3.35. The zero-order chi connectivity index (χ0) is 21.3. The van der Waals surface area contributed by atoms with Crippen LogP contribution < -0.4 is 11.2 Å². The summed E-state index contributed by atoms with van der Waals surface area (Å²) in [6.45, 7) is 3.78. The molecule has 0 amide bonds. The van der Waals surface area contributed by atoms with E-state index in [4.69, 9.17) is 9.15 Å². The van der Waals surface area contributed by atoms with Gasteiger partial charge < -0.3 is 14.1 Å². The third-order valence-corrected chi connectivity index (χ3v) is 5.13. The Hall–Kier alpha value is -3.74. The van der Waals surface area contributed by atoms with E-state index in [-0.39, 0.29) is 25.0 Å². The molecule has 152 valence electrons. The molecule has 4 rings (SSSR count). The number of nitrogens with zero attached hydrogens (tertiary/aromatic N) is 1. The van der Waals surface area contributed by atoms with Crippen molar-refractivity contribution in [3.05, 3.63) is 85.8 Å². The van der Waals surface area contributed by atoms with Crippen LogP contribution in [-0.2, 0) is 22.6 Å². The number of carbonyl (C=O) groups is 1. The standard InChI is InChI=1S/C23H20N2O5/c1-13-7-8-16-15(11-21(27)30-22(16)14(13)2)12-29-20(26)10-9-19-24-18-6-4-3-5-17(18)23(28)25-19/h3-8,11H,9-10,12H2,1-2H3,(H,24,25,28). The zero-order valence-electron chi connectivity index (χ0n) is 16.7. The van der Waals surface area contributed by atoms with Gasteiger partial charge >= 0.3 is 11.6 Å². The number of para-hydroxylation sites is 1. The fourth-order valence-electron chi connectivity index (χ4n) is 3.35. The minimum atomic E-state index is -0.486. The van der Waals surface area contributed by atoms with Crippen molar-refractivity contribution in [1.29, 1.82) is 0 Å². The normalized spacial score (nSPS) is 11.1. The van der Waals surface area contributed by atoms with Crippen LogP contribution in [0, 0.1) is 13.8 Å². The molecule has 0 aliphatic carbocycles. The summed E-state index contributed by atoms with van der Waals surface area (Å²) in [5.74, 6) is -0.0245. The average molecular weight is 404 g/mol. The maximum Gasteiger partial charge on any atom is 0.336 e.